The van der Waals surface area contributed by atoms with Crippen LogP contribution in [0, 0.1) is 0 Å². The molecule has 0 atom stereocenters. The summed E-state index contributed by atoms with van der Waals surface area (Å²) in [6, 6.07) is 12.8. The van der Waals surface area contributed by atoms with Crippen LogP contribution in [0.25, 0.3) is 22.3 Å². The van der Waals surface area contributed by atoms with Gasteiger partial charge in [-0.2, -0.15) is 0 Å². The van der Waals surface area contributed by atoms with Crippen LogP contribution in [0.2, 0.25) is 10.0 Å². The van der Waals surface area contributed by atoms with Gasteiger partial charge in [0.25, 0.3) is 0 Å². The van der Waals surface area contributed by atoms with E-state index in [-0.39, 0.29) is 0 Å². The fraction of sp³-hybridized carbons (Fsp3) is 0. The van der Waals surface area contributed by atoms with E-state index in [0.29, 0.717) is 21.6 Å². The minimum atomic E-state index is 0.372. The van der Waals surface area contributed by atoms with E-state index < -0.39 is 0 Å². The summed E-state index contributed by atoms with van der Waals surface area (Å²) in [4.78, 5) is 8.87. The topological polar surface area (TPSA) is 51.8 Å². The Hall–Kier alpha value is -1.84. The molecule has 5 heteroatoms. The van der Waals surface area contributed by atoms with Crippen molar-refractivity contribution in [3.05, 3.63) is 52.5 Å². The average Bonchev–Trinajstić information content (AvgIpc) is 2.41. The van der Waals surface area contributed by atoms with Crippen LogP contribution in [0.15, 0.2) is 42.5 Å². The third-order valence-electron chi connectivity index (χ3n) is 2.79. The van der Waals surface area contributed by atoms with Gasteiger partial charge in [-0.25, -0.2) is 9.97 Å². The lowest BCUT2D eigenvalue weighted by atomic mass is 10.1. The Morgan fingerprint density at radius 2 is 1.53 bits per heavy atom. The molecule has 0 spiro atoms. The lowest BCUT2D eigenvalue weighted by molar-refractivity contribution is 1.30. The number of anilines is 1. The Balaban J connectivity index is 2.23. The van der Waals surface area contributed by atoms with Gasteiger partial charge in [-0.1, -0.05) is 41.4 Å². The third-order valence-corrected chi connectivity index (χ3v) is 3.53. The zero-order valence-corrected chi connectivity index (χ0v) is 11.3. The highest BCUT2D eigenvalue weighted by molar-refractivity contribution is 6.42. The van der Waals surface area contributed by atoms with E-state index in [2.05, 4.69) is 9.97 Å². The van der Waals surface area contributed by atoms with Gasteiger partial charge in [-0.05, 0) is 24.3 Å². The molecular formula is C14H9Cl2N3. The van der Waals surface area contributed by atoms with Crippen LogP contribution < -0.4 is 5.73 Å². The largest absolute Gasteiger partial charge is 0.382 e. The van der Waals surface area contributed by atoms with Crippen molar-refractivity contribution in [3.63, 3.8) is 0 Å². The summed E-state index contributed by atoms with van der Waals surface area (Å²) in [5, 5.41) is 0.964. The minimum absolute atomic E-state index is 0.372. The first-order valence-electron chi connectivity index (χ1n) is 5.63. The van der Waals surface area contributed by atoms with Gasteiger partial charge in [0, 0.05) is 5.56 Å². The van der Waals surface area contributed by atoms with Gasteiger partial charge in [-0.15, -0.1) is 0 Å². The number of hydrogen-bond donors (Lipinski definition) is 1. The molecule has 0 fully saturated rings. The van der Waals surface area contributed by atoms with Crippen molar-refractivity contribution in [1.29, 1.82) is 0 Å². The van der Waals surface area contributed by atoms with Gasteiger partial charge in [0.1, 0.15) is 5.69 Å². The maximum absolute atomic E-state index is 6.01. The molecule has 0 saturated carbocycles. The van der Waals surface area contributed by atoms with Crippen LogP contribution in [0.3, 0.4) is 0 Å². The molecule has 2 aromatic carbocycles. The first-order valence-corrected chi connectivity index (χ1v) is 6.38. The van der Waals surface area contributed by atoms with Crippen molar-refractivity contribution in [2.45, 2.75) is 0 Å². The van der Waals surface area contributed by atoms with Gasteiger partial charge < -0.3 is 5.73 Å². The Morgan fingerprint density at radius 3 is 2.21 bits per heavy atom. The molecule has 0 aliphatic rings. The molecule has 1 aromatic heterocycles. The van der Waals surface area contributed by atoms with Crippen LogP contribution in [-0.4, -0.2) is 9.97 Å². The molecular weight excluding hydrogens is 281 g/mol. The van der Waals surface area contributed by atoms with Crippen molar-refractivity contribution in [1.82, 2.24) is 9.97 Å². The molecule has 0 radical (unpaired) electrons. The molecule has 0 amide bonds. The highest BCUT2D eigenvalue weighted by Crippen LogP contribution is 2.30. The molecule has 3 rings (SSSR count). The van der Waals surface area contributed by atoms with Gasteiger partial charge in [0.2, 0.25) is 0 Å². The number of nitrogen functional groups attached to an aromatic ring is 1. The molecule has 2 N–H and O–H groups in total. The molecule has 0 aliphatic heterocycles. The fourth-order valence-corrected chi connectivity index (χ4v) is 2.17. The number of aromatic nitrogens is 2. The number of nitrogens with two attached hydrogens (primary N) is 1. The zero-order chi connectivity index (χ0) is 13.4. The molecule has 0 bridgehead atoms. The van der Waals surface area contributed by atoms with Crippen molar-refractivity contribution < 1.29 is 0 Å². The van der Waals surface area contributed by atoms with E-state index >= 15 is 0 Å². The fourth-order valence-electron chi connectivity index (χ4n) is 1.87. The van der Waals surface area contributed by atoms with Crippen molar-refractivity contribution in [3.8, 4) is 11.3 Å². The second-order valence-electron chi connectivity index (χ2n) is 4.08. The Morgan fingerprint density at radius 1 is 0.842 bits per heavy atom. The van der Waals surface area contributed by atoms with Crippen LogP contribution in [0.5, 0.6) is 0 Å². The number of benzene rings is 2. The van der Waals surface area contributed by atoms with E-state index in [1.807, 2.05) is 30.3 Å². The first kappa shape index (κ1) is 12.2. The van der Waals surface area contributed by atoms with E-state index in [4.69, 9.17) is 28.9 Å². The van der Waals surface area contributed by atoms with E-state index in [1.54, 1.807) is 12.1 Å². The number of nitrogens with zero attached hydrogens (tertiary/aromatic N) is 2. The average molecular weight is 290 g/mol. The number of hydrogen-bond acceptors (Lipinski definition) is 3. The van der Waals surface area contributed by atoms with Gasteiger partial charge in [0.05, 0.1) is 21.1 Å². The molecule has 0 unspecified atom stereocenters. The van der Waals surface area contributed by atoms with Gasteiger partial charge in [0.15, 0.2) is 5.82 Å². The summed E-state index contributed by atoms with van der Waals surface area (Å²) >= 11 is 11.9. The number of para-hydroxylation sites is 2. The summed E-state index contributed by atoms with van der Waals surface area (Å²) in [6.07, 6.45) is 0. The Kier molecular flexibility index (Phi) is 3.01. The molecule has 94 valence electrons. The Labute approximate surface area is 120 Å². The van der Waals surface area contributed by atoms with Crippen LogP contribution in [0.4, 0.5) is 5.82 Å². The van der Waals surface area contributed by atoms with Crippen molar-refractivity contribution in [2.75, 3.05) is 5.73 Å². The number of fused-ring (bicyclic) bond motifs is 1. The molecule has 0 saturated heterocycles. The first-order chi connectivity index (χ1) is 9.15. The third kappa shape index (κ3) is 2.23. The van der Waals surface area contributed by atoms with Crippen LogP contribution in [0.1, 0.15) is 0 Å². The number of halogens is 2. The normalized spacial score (nSPS) is 10.8. The highest BCUT2D eigenvalue weighted by Gasteiger charge is 2.09. The summed E-state index contributed by atoms with van der Waals surface area (Å²) in [5.74, 6) is 0.372. The molecule has 3 nitrogen and oxygen atoms in total. The predicted octanol–water partition coefficient (Wildman–Crippen LogP) is 4.19. The molecule has 19 heavy (non-hydrogen) atoms. The maximum Gasteiger partial charge on any atom is 0.150 e. The standard InChI is InChI=1S/C14H9Cl2N3/c15-9-6-5-8(7-10(9)16)13-14(17)19-12-4-2-1-3-11(12)18-13/h1-7H,(H2,17,19). The SMILES string of the molecule is Nc1nc2ccccc2nc1-c1ccc(Cl)c(Cl)c1. The second-order valence-corrected chi connectivity index (χ2v) is 4.89. The summed E-state index contributed by atoms with van der Waals surface area (Å²) < 4.78 is 0. The van der Waals surface area contributed by atoms with E-state index in [9.17, 15) is 0 Å². The molecule has 1 heterocycles. The smallest absolute Gasteiger partial charge is 0.150 e. The van der Waals surface area contributed by atoms with Gasteiger partial charge >= 0.3 is 0 Å². The number of rotatable bonds is 1. The molecule has 0 aliphatic carbocycles. The van der Waals surface area contributed by atoms with Crippen molar-refractivity contribution >= 4 is 40.1 Å². The van der Waals surface area contributed by atoms with E-state index in [1.165, 1.54) is 0 Å². The maximum atomic E-state index is 6.01. The summed E-state index contributed by atoms with van der Waals surface area (Å²) in [6.45, 7) is 0. The summed E-state index contributed by atoms with van der Waals surface area (Å²) in [5.41, 5.74) is 8.92. The van der Waals surface area contributed by atoms with Gasteiger partial charge in [-0.3, -0.25) is 0 Å². The quantitative estimate of drug-likeness (QED) is 0.731. The minimum Gasteiger partial charge on any atom is -0.382 e. The predicted molar refractivity (Wildman–Crippen MR) is 79.4 cm³/mol. The highest BCUT2D eigenvalue weighted by atomic mass is 35.5. The van der Waals surface area contributed by atoms with Crippen LogP contribution >= 0.6 is 23.2 Å². The van der Waals surface area contributed by atoms with Crippen LogP contribution in [-0.2, 0) is 0 Å². The lowest BCUT2D eigenvalue weighted by Gasteiger charge is -2.07. The van der Waals surface area contributed by atoms with E-state index in [0.717, 1.165) is 16.6 Å². The monoisotopic (exact) mass is 289 g/mol. The Bertz CT molecular complexity index is 772. The molecule has 3 aromatic rings. The second kappa shape index (κ2) is 4.68. The van der Waals surface area contributed by atoms with Crippen molar-refractivity contribution in [2.24, 2.45) is 0 Å². The summed E-state index contributed by atoms with van der Waals surface area (Å²) in [7, 11) is 0. The zero-order valence-electron chi connectivity index (χ0n) is 9.77. The lowest BCUT2D eigenvalue weighted by Crippen LogP contribution is -1.98.